The minimum absolute atomic E-state index is 0.201. The molecule has 5 rings (SSSR count). The van der Waals surface area contributed by atoms with Gasteiger partial charge in [0, 0.05) is 16.8 Å². The summed E-state index contributed by atoms with van der Waals surface area (Å²) in [7, 11) is 0. The van der Waals surface area contributed by atoms with Gasteiger partial charge in [-0.3, -0.25) is 10.1 Å². The summed E-state index contributed by atoms with van der Waals surface area (Å²) in [6, 6.07) is 26.9. The van der Waals surface area contributed by atoms with Gasteiger partial charge in [-0.05, 0) is 65.5 Å². The van der Waals surface area contributed by atoms with Crippen molar-refractivity contribution in [3.05, 3.63) is 95.5 Å². The van der Waals surface area contributed by atoms with Crippen LogP contribution in [0.15, 0.2) is 84.9 Å². The molecule has 0 fully saturated rings. The summed E-state index contributed by atoms with van der Waals surface area (Å²) in [6.07, 6.45) is 0. The van der Waals surface area contributed by atoms with Gasteiger partial charge in [0.05, 0.1) is 15.2 Å². The Hall–Kier alpha value is -3.32. The number of amides is 1. The number of rotatable bonds is 3. The molecule has 0 aliphatic carbocycles. The van der Waals surface area contributed by atoms with E-state index < -0.39 is 0 Å². The fourth-order valence-corrected chi connectivity index (χ4v) is 4.96. The van der Waals surface area contributed by atoms with Crippen molar-refractivity contribution in [1.29, 1.82) is 0 Å². The second-order valence-corrected chi connectivity index (χ2v) is 9.00. The van der Waals surface area contributed by atoms with E-state index in [1.54, 1.807) is 23.5 Å². The summed E-state index contributed by atoms with van der Waals surface area (Å²) in [5.41, 5.74) is 3.02. The lowest BCUT2D eigenvalue weighted by Crippen LogP contribution is -2.34. The molecule has 5 aromatic rings. The Morgan fingerprint density at radius 3 is 2.50 bits per heavy atom. The number of nitrogens with zero attached hydrogens (tertiary/aromatic N) is 1. The van der Waals surface area contributed by atoms with E-state index in [1.165, 1.54) is 0 Å². The Balaban J connectivity index is 1.29. The van der Waals surface area contributed by atoms with Crippen LogP contribution in [0.1, 0.15) is 10.4 Å². The lowest BCUT2D eigenvalue weighted by molar-refractivity contribution is 0.0978. The Bertz CT molecular complexity index is 1460. The van der Waals surface area contributed by atoms with Gasteiger partial charge in [0.2, 0.25) is 0 Å². The molecule has 0 spiro atoms. The van der Waals surface area contributed by atoms with Gasteiger partial charge in [-0.15, -0.1) is 11.3 Å². The van der Waals surface area contributed by atoms with Gasteiger partial charge >= 0.3 is 0 Å². The molecule has 4 nitrogen and oxygen atoms in total. The van der Waals surface area contributed by atoms with E-state index in [-0.39, 0.29) is 11.0 Å². The van der Waals surface area contributed by atoms with E-state index in [0.29, 0.717) is 16.3 Å². The maximum absolute atomic E-state index is 12.6. The number of hydrogen-bond acceptors (Lipinski definition) is 4. The molecule has 1 heterocycles. The number of aromatic nitrogens is 1. The third-order valence-electron chi connectivity index (χ3n) is 4.99. The van der Waals surface area contributed by atoms with Gasteiger partial charge in [-0.25, -0.2) is 4.98 Å². The predicted octanol–water partition coefficient (Wildman–Crippen LogP) is 6.90. The van der Waals surface area contributed by atoms with Crippen molar-refractivity contribution in [1.82, 2.24) is 10.3 Å². The van der Waals surface area contributed by atoms with Gasteiger partial charge in [0.1, 0.15) is 5.01 Å². The minimum atomic E-state index is -0.273. The molecule has 0 aliphatic rings. The molecular formula is C25H16ClN3OS2. The number of thiazole rings is 1. The number of carbonyl (C=O) groups is 1. The molecule has 0 saturated carbocycles. The second kappa shape index (κ2) is 8.67. The van der Waals surface area contributed by atoms with Crippen LogP contribution in [0.2, 0.25) is 5.02 Å². The Morgan fingerprint density at radius 2 is 1.69 bits per heavy atom. The highest BCUT2D eigenvalue weighted by atomic mass is 35.5. The third-order valence-corrected chi connectivity index (χ3v) is 6.58. The van der Waals surface area contributed by atoms with Crippen molar-refractivity contribution in [2.24, 2.45) is 0 Å². The maximum Gasteiger partial charge on any atom is 0.257 e. The van der Waals surface area contributed by atoms with E-state index in [2.05, 4.69) is 15.6 Å². The molecule has 1 aromatic heterocycles. The molecule has 0 aliphatic heterocycles. The predicted molar refractivity (Wildman–Crippen MR) is 138 cm³/mol. The summed E-state index contributed by atoms with van der Waals surface area (Å²) in [6.45, 7) is 0. The van der Waals surface area contributed by atoms with Crippen molar-refractivity contribution in [3.63, 3.8) is 0 Å². The smallest absolute Gasteiger partial charge is 0.257 e. The number of halogens is 1. The first kappa shape index (κ1) is 20.6. The van der Waals surface area contributed by atoms with E-state index >= 15 is 0 Å². The number of carbonyl (C=O) groups excluding carboxylic acids is 1. The number of anilines is 1. The molecular weight excluding hydrogens is 458 g/mol. The lowest BCUT2D eigenvalue weighted by Gasteiger charge is -2.11. The van der Waals surface area contributed by atoms with Crippen molar-refractivity contribution < 1.29 is 4.79 Å². The van der Waals surface area contributed by atoms with Crippen LogP contribution in [0.5, 0.6) is 0 Å². The summed E-state index contributed by atoms with van der Waals surface area (Å²) >= 11 is 13.4. The fraction of sp³-hybridized carbons (Fsp3) is 0. The first-order chi connectivity index (χ1) is 15.6. The molecule has 0 radical (unpaired) electrons. The zero-order chi connectivity index (χ0) is 22.1. The number of benzene rings is 4. The highest BCUT2D eigenvalue weighted by Gasteiger charge is 2.12. The molecule has 7 heteroatoms. The monoisotopic (exact) mass is 473 g/mol. The van der Waals surface area contributed by atoms with E-state index in [9.17, 15) is 4.79 Å². The van der Waals surface area contributed by atoms with Crippen LogP contribution in [-0.4, -0.2) is 16.0 Å². The Morgan fingerprint density at radius 1 is 0.906 bits per heavy atom. The minimum Gasteiger partial charge on any atom is -0.332 e. The van der Waals surface area contributed by atoms with Crippen LogP contribution in [0, 0.1) is 0 Å². The van der Waals surface area contributed by atoms with Crippen molar-refractivity contribution in [3.8, 4) is 10.6 Å². The second-order valence-electron chi connectivity index (χ2n) is 7.15. The average molecular weight is 474 g/mol. The van der Waals surface area contributed by atoms with E-state index in [0.717, 1.165) is 31.6 Å². The Labute approximate surface area is 198 Å². The first-order valence-electron chi connectivity index (χ1n) is 9.83. The largest absolute Gasteiger partial charge is 0.332 e. The first-order valence-corrected chi connectivity index (χ1v) is 11.4. The standard InChI is InChI=1S/C25H16ClN3OS2/c26-20-14-18(11-12-19(20)24-28-21-7-3-4-8-22(21)32-24)27-25(31)29-23(30)17-10-9-15-5-1-2-6-16(15)13-17/h1-14H,(H2,27,29,30,31). The van der Waals surface area contributed by atoms with Gasteiger partial charge in [-0.1, -0.05) is 54.1 Å². The number of fused-ring (bicyclic) bond motifs is 2. The summed E-state index contributed by atoms with van der Waals surface area (Å²) < 4.78 is 1.11. The fourth-order valence-electron chi connectivity index (χ4n) is 3.42. The topological polar surface area (TPSA) is 54.0 Å². The van der Waals surface area contributed by atoms with Crippen LogP contribution in [0.4, 0.5) is 5.69 Å². The van der Waals surface area contributed by atoms with E-state index in [1.807, 2.05) is 72.8 Å². The quantitative estimate of drug-likeness (QED) is 0.280. The summed E-state index contributed by atoms with van der Waals surface area (Å²) in [4.78, 5) is 17.3. The molecule has 1 amide bonds. The average Bonchev–Trinajstić information content (AvgIpc) is 3.22. The summed E-state index contributed by atoms with van der Waals surface area (Å²) in [5.74, 6) is -0.273. The molecule has 2 N–H and O–H groups in total. The van der Waals surface area contributed by atoms with Crippen LogP contribution in [0.3, 0.4) is 0 Å². The number of nitrogens with one attached hydrogen (secondary N) is 2. The molecule has 4 aromatic carbocycles. The maximum atomic E-state index is 12.6. The molecule has 0 unspecified atom stereocenters. The van der Waals surface area contributed by atoms with Crippen LogP contribution in [-0.2, 0) is 0 Å². The molecule has 156 valence electrons. The van der Waals surface area contributed by atoms with Gasteiger partial charge in [-0.2, -0.15) is 0 Å². The molecule has 0 saturated heterocycles. The lowest BCUT2D eigenvalue weighted by atomic mass is 10.1. The van der Waals surface area contributed by atoms with Gasteiger partial charge in [0.15, 0.2) is 5.11 Å². The zero-order valence-electron chi connectivity index (χ0n) is 16.6. The third kappa shape index (κ3) is 4.21. The highest BCUT2D eigenvalue weighted by molar-refractivity contribution is 7.80. The van der Waals surface area contributed by atoms with Crippen molar-refractivity contribution >= 4 is 72.9 Å². The SMILES string of the molecule is O=C(NC(=S)Nc1ccc(-c2nc3ccccc3s2)c(Cl)c1)c1ccc2ccccc2c1. The molecule has 0 bridgehead atoms. The van der Waals surface area contributed by atoms with Gasteiger partial charge in [0.25, 0.3) is 5.91 Å². The zero-order valence-corrected chi connectivity index (χ0v) is 19.0. The van der Waals surface area contributed by atoms with Crippen molar-refractivity contribution in [2.75, 3.05) is 5.32 Å². The Kier molecular flexibility index (Phi) is 5.57. The van der Waals surface area contributed by atoms with Crippen LogP contribution in [0.25, 0.3) is 31.6 Å². The number of hydrogen-bond donors (Lipinski definition) is 2. The van der Waals surface area contributed by atoms with Crippen molar-refractivity contribution in [2.45, 2.75) is 0 Å². The number of para-hydroxylation sites is 1. The normalized spacial score (nSPS) is 10.9. The van der Waals surface area contributed by atoms with Crippen LogP contribution >= 0.6 is 35.2 Å². The molecule has 32 heavy (non-hydrogen) atoms. The summed E-state index contributed by atoms with van der Waals surface area (Å²) in [5, 5.41) is 9.43. The number of thiocarbonyl (C=S) groups is 1. The van der Waals surface area contributed by atoms with E-state index in [4.69, 9.17) is 23.8 Å². The highest BCUT2D eigenvalue weighted by Crippen LogP contribution is 2.35. The van der Waals surface area contributed by atoms with Gasteiger partial charge < -0.3 is 5.32 Å². The molecule has 0 atom stereocenters. The van der Waals surface area contributed by atoms with Crippen LogP contribution < -0.4 is 10.6 Å².